The lowest BCUT2D eigenvalue weighted by atomic mass is 9.68. The van der Waals surface area contributed by atoms with Crippen molar-refractivity contribution in [3.8, 4) is 6.07 Å². The van der Waals surface area contributed by atoms with Crippen molar-refractivity contribution in [3.63, 3.8) is 0 Å². The summed E-state index contributed by atoms with van der Waals surface area (Å²) in [6.07, 6.45) is 0.969. The van der Waals surface area contributed by atoms with Gasteiger partial charge in [-0.1, -0.05) is 38.1 Å². The highest BCUT2D eigenvalue weighted by Crippen LogP contribution is 2.48. The third kappa shape index (κ3) is 3.21. The van der Waals surface area contributed by atoms with Crippen molar-refractivity contribution >= 4 is 11.7 Å². The fourth-order valence-corrected chi connectivity index (χ4v) is 4.02. The standard InChI is InChI=1S/C21H24N4O2/c1-12-7-5-6-8-14(12)18-15(11-22)20(23)25(24-13(2)26)16-9-21(3,4)10-17(27)19(16)18/h5-8,18H,9-10,23H2,1-4H3,(H,24,26). The van der Waals surface area contributed by atoms with E-state index in [4.69, 9.17) is 5.73 Å². The minimum Gasteiger partial charge on any atom is -0.383 e. The highest BCUT2D eigenvalue weighted by atomic mass is 16.2. The Morgan fingerprint density at radius 2 is 2.00 bits per heavy atom. The first-order valence-electron chi connectivity index (χ1n) is 8.95. The van der Waals surface area contributed by atoms with Gasteiger partial charge in [-0.2, -0.15) is 5.26 Å². The summed E-state index contributed by atoms with van der Waals surface area (Å²) in [5.74, 6) is -0.664. The van der Waals surface area contributed by atoms with E-state index in [2.05, 4.69) is 11.5 Å². The largest absolute Gasteiger partial charge is 0.383 e. The number of carbonyl (C=O) groups excluding carboxylic acids is 2. The van der Waals surface area contributed by atoms with Crippen LogP contribution in [0.15, 0.2) is 46.9 Å². The monoisotopic (exact) mass is 364 g/mol. The molecule has 140 valence electrons. The molecule has 0 bridgehead atoms. The number of ketones is 1. The van der Waals surface area contributed by atoms with Crippen LogP contribution in [0.25, 0.3) is 0 Å². The van der Waals surface area contributed by atoms with E-state index >= 15 is 0 Å². The van der Waals surface area contributed by atoms with Crippen LogP contribution >= 0.6 is 0 Å². The van der Waals surface area contributed by atoms with E-state index < -0.39 is 5.92 Å². The van der Waals surface area contributed by atoms with Crippen LogP contribution in [0.1, 0.15) is 50.7 Å². The maximum Gasteiger partial charge on any atom is 0.235 e. The molecular formula is C21H24N4O2. The summed E-state index contributed by atoms with van der Waals surface area (Å²) in [5, 5.41) is 11.3. The lowest BCUT2D eigenvalue weighted by Crippen LogP contribution is -2.49. The van der Waals surface area contributed by atoms with Gasteiger partial charge in [-0.25, -0.2) is 5.01 Å². The van der Waals surface area contributed by atoms with Gasteiger partial charge >= 0.3 is 0 Å². The van der Waals surface area contributed by atoms with Crippen LogP contribution < -0.4 is 11.2 Å². The van der Waals surface area contributed by atoms with Crippen LogP contribution in [0.3, 0.4) is 0 Å². The molecule has 0 fully saturated rings. The number of nitrogens with one attached hydrogen (secondary N) is 1. The van der Waals surface area contributed by atoms with Gasteiger partial charge in [-0.3, -0.25) is 15.0 Å². The van der Waals surface area contributed by atoms with Gasteiger partial charge in [-0.15, -0.1) is 0 Å². The van der Waals surface area contributed by atoms with E-state index in [9.17, 15) is 14.9 Å². The van der Waals surface area contributed by atoms with Crippen LogP contribution in [-0.4, -0.2) is 16.7 Å². The molecule has 6 nitrogen and oxygen atoms in total. The number of amides is 1. The van der Waals surface area contributed by atoms with Crippen molar-refractivity contribution in [3.05, 3.63) is 58.1 Å². The van der Waals surface area contributed by atoms with Crippen LogP contribution in [0.5, 0.6) is 0 Å². The normalized spacial score (nSPS) is 21.7. The molecule has 1 aliphatic carbocycles. The molecule has 1 aromatic carbocycles. The van der Waals surface area contributed by atoms with Crippen molar-refractivity contribution in [1.82, 2.24) is 10.4 Å². The zero-order valence-electron chi connectivity index (χ0n) is 16.1. The minimum absolute atomic E-state index is 0.00916. The quantitative estimate of drug-likeness (QED) is 0.841. The molecule has 3 N–H and O–H groups in total. The van der Waals surface area contributed by atoms with Gasteiger partial charge < -0.3 is 5.73 Å². The van der Waals surface area contributed by atoms with Gasteiger partial charge in [0.1, 0.15) is 5.82 Å². The summed E-state index contributed by atoms with van der Waals surface area (Å²) >= 11 is 0. The Bertz CT molecular complexity index is 934. The molecule has 1 aliphatic heterocycles. The van der Waals surface area contributed by atoms with Gasteiger partial charge in [0, 0.05) is 18.9 Å². The van der Waals surface area contributed by atoms with Crippen molar-refractivity contribution in [2.75, 3.05) is 0 Å². The zero-order chi connectivity index (χ0) is 19.9. The number of nitriles is 1. The van der Waals surface area contributed by atoms with Gasteiger partial charge in [0.15, 0.2) is 5.78 Å². The highest BCUT2D eigenvalue weighted by molar-refractivity contribution is 6.00. The maximum atomic E-state index is 13.2. The van der Waals surface area contributed by atoms with E-state index in [1.165, 1.54) is 11.9 Å². The Morgan fingerprint density at radius 1 is 1.33 bits per heavy atom. The van der Waals surface area contributed by atoms with Crippen molar-refractivity contribution in [1.29, 1.82) is 5.26 Å². The number of nitrogens with two attached hydrogens (primary N) is 1. The number of aryl methyl sites for hydroxylation is 1. The van der Waals surface area contributed by atoms with Gasteiger partial charge in [0.2, 0.25) is 5.91 Å². The third-order valence-corrected chi connectivity index (χ3v) is 5.15. The molecule has 3 rings (SSSR count). The van der Waals surface area contributed by atoms with E-state index in [0.29, 0.717) is 24.1 Å². The molecule has 1 heterocycles. The summed E-state index contributed by atoms with van der Waals surface area (Å²) < 4.78 is 0. The molecule has 1 amide bonds. The van der Waals surface area contributed by atoms with E-state index in [0.717, 1.165) is 11.1 Å². The minimum atomic E-state index is -0.514. The molecular weight excluding hydrogens is 340 g/mol. The molecule has 0 radical (unpaired) electrons. The van der Waals surface area contributed by atoms with Crippen molar-refractivity contribution in [2.24, 2.45) is 11.1 Å². The fraction of sp³-hybridized carbons (Fsp3) is 0.381. The van der Waals surface area contributed by atoms with Gasteiger partial charge in [0.25, 0.3) is 0 Å². The van der Waals surface area contributed by atoms with Gasteiger partial charge in [0.05, 0.1) is 23.3 Å². The molecule has 27 heavy (non-hydrogen) atoms. The molecule has 0 saturated carbocycles. The molecule has 0 aromatic heterocycles. The van der Waals surface area contributed by atoms with Crippen LogP contribution in [-0.2, 0) is 9.59 Å². The Labute approximate surface area is 159 Å². The van der Waals surface area contributed by atoms with Gasteiger partial charge in [-0.05, 0) is 29.9 Å². The predicted octanol–water partition coefficient (Wildman–Crippen LogP) is 2.78. The lowest BCUT2D eigenvalue weighted by molar-refractivity contribution is -0.123. The fourth-order valence-electron chi connectivity index (χ4n) is 4.02. The summed E-state index contributed by atoms with van der Waals surface area (Å²) in [7, 11) is 0. The Morgan fingerprint density at radius 3 is 2.59 bits per heavy atom. The van der Waals surface area contributed by atoms with Crippen LogP contribution in [0.2, 0.25) is 0 Å². The molecule has 1 aromatic rings. The number of rotatable bonds is 2. The number of benzene rings is 1. The number of hydrazine groups is 1. The third-order valence-electron chi connectivity index (χ3n) is 5.15. The van der Waals surface area contributed by atoms with E-state index in [1.54, 1.807) is 0 Å². The average Bonchev–Trinajstić information content (AvgIpc) is 2.56. The smallest absolute Gasteiger partial charge is 0.235 e. The summed E-state index contributed by atoms with van der Waals surface area (Å²) in [4.78, 5) is 24.9. The number of allylic oxidation sites excluding steroid dienone is 3. The predicted molar refractivity (Wildman–Crippen MR) is 101 cm³/mol. The first-order valence-corrected chi connectivity index (χ1v) is 8.95. The number of carbonyl (C=O) groups is 2. The molecule has 1 unspecified atom stereocenters. The van der Waals surface area contributed by atoms with E-state index in [1.807, 2.05) is 45.0 Å². The first-order chi connectivity index (χ1) is 12.7. The molecule has 6 heteroatoms. The number of Topliss-reactive ketones (excluding diaryl/α,β-unsaturated/α-hetero) is 1. The summed E-state index contributed by atoms with van der Waals surface area (Å²) in [6.45, 7) is 7.37. The Kier molecular flexibility index (Phi) is 4.56. The summed E-state index contributed by atoms with van der Waals surface area (Å²) in [5.41, 5.74) is 12.2. The Hall–Kier alpha value is -3.07. The molecule has 1 atom stereocenters. The maximum absolute atomic E-state index is 13.2. The van der Waals surface area contributed by atoms with Crippen LogP contribution in [0, 0.1) is 23.7 Å². The number of nitrogens with zero attached hydrogens (tertiary/aromatic N) is 2. The first kappa shape index (κ1) is 18.7. The average molecular weight is 364 g/mol. The summed E-state index contributed by atoms with van der Waals surface area (Å²) in [6, 6.07) is 9.88. The van der Waals surface area contributed by atoms with Crippen molar-refractivity contribution in [2.45, 2.75) is 46.5 Å². The number of hydrogen-bond donors (Lipinski definition) is 2. The second-order valence-corrected chi connectivity index (χ2v) is 8.01. The van der Waals surface area contributed by atoms with Crippen molar-refractivity contribution < 1.29 is 9.59 Å². The Balaban J connectivity index is 2.29. The molecule has 0 saturated heterocycles. The SMILES string of the molecule is CC(=O)NN1C(N)=C(C#N)C(c2ccccc2C)C2=C1CC(C)(C)CC2=O. The molecule has 0 spiro atoms. The lowest BCUT2D eigenvalue weighted by Gasteiger charge is -2.43. The molecule has 2 aliphatic rings. The number of hydrogen-bond acceptors (Lipinski definition) is 5. The zero-order valence-corrected chi connectivity index (χ0v) is 16.1. The van der Waals surface area contributed by atoms with Crippen LogP contribution in [0.4, 0.5) is 0 Å². The highest BCUT2D eigenvalue weighted by Gasteiger charge is 2.44. The van der Waals surface area contributed by atoms with E-state index in [-0.39, 0.29) is 28.5 Å². The second kappa shape index (κ2) is 6.58. The topological polar surface area (TPSA) is 99.2 Å². The second-order valence-electron chi connectivity index (χ2n) is 8.01.